The average molecular weight is 207 g/mol. The molecule has 0 saturated heterocycles. The summed E-state index contributed by atoms with van der Waals surface area (Å²) in [5, 5.41) is 5.99. The van der Waals surface area contributed by atoms with Gasteiger partial charge in [-0.15, -0.1) is 0 Å². The van der Waals surface area contributed by atoms with Gasteiger partial charge in [0.25, 0.3) is 0 Å². The van der Waals surface area contributed by atoms with Crippen molar-refractivity contribution in [1.29, 1.82) is 0 Å². The minimum Gasteiger partial charge on any atom is -0.326 e. The second kappa shape index (κ2) is 6.14. The van der Waals surface area contributed by atoms with E-state index in [2.05, 4.69) is 29.5 Å². The van der Waals surface area contributed by atoms with Gasteiger partial charge in [-0.05, 0) is 12.1 Å². The molecule has 0 aromatic carbocycles. The van der Waals surface area contributed by atoms with Crippen molar-refractivity contribution >= 4 is 11.6 Å². The lowest BCUT2D eigenvalue weighted by atomic mass is 10.3. The first-order valence-electron chi connectivity index (χ1n) is 5.12. The number of nitrogens with zero attached hydrogens (tertiary/aromatic N) is 1. The fourth-order valence-electron chi connectivity index (χ4n) is 1.13. The van der Waals surface area contributed by atoms with Gasteiger partial charge < -0.3 is 10.6 Å². The van der Waals surface area contributed by atoms with Gasteiger partial charge in [-0.1, -0.05) is 13.8 Å². The van der Waals surface area contributed by atoms with Crippen LogP contribution in [0.2, 0.25) is 0 Å². The number of anilines is 1. The molecule has 4 heteroatoms. The molecule has 0 aliphatic rings. The molecule has 1 heterocycles. The molecule has 0 bridgehead atoms. The Morgan fingerprint density at radius 2 is 2.07 bits per heavy atom. The Bertz CT molecular complexity index is 298. The van der Waals surface area contributed by atoms with E-state index < -0.39 is 0 Å². The summed E-state index contributed by atoms with van der Waals surface area (Å²) in [7, 11) is 0. The van der Waals surface area contributed by atoms with E-state index >= 15 is 0 Å². The van der Waals surface area contributed by atoms with Crippen molar-refractivity contribution in [3.8, 4) is 0 Å². The van der Waals surface area contributed by atoms with Crippen LogP contribution in [0.5, 0.6) is 0 Å². The largest absolute Gasteiger partial charge is 0.326 e. The summed E-state index contributed by atoms with van der Waals surface area (Å²) in [6, 6.07) is 3.96. The lowest BCUT2D eigenvalue weighted by Gasteiger charge is -2.08. The van der Waals surface area contributed by atoms with E-state index in [0.29, 0.717) is 19.0 Å². The van der Waals surface area contributed by atoms with Gasteiger partial charge in [0.2, 0.25) is 5.91 Å². The molecule has 0 radical (unpaired) electrons. The third-order valence-electron chi connectivity index (χ3n) is 1.87. The summed E-state index contributed by atoms with van der Waals surface area (Å²) < 4.78 is 0. The van der Waals surface area contributed by atoms with Crippen LogP contribution in [0.15, 0.2) is 24.5 Å². The smallest absolute Gasteiger partial charge is 0.225 e. The van der Waals surface area contributed by atoms with Crippen LogP contribution in [-0.4, -0.2) is 23.5 Å². The quantitative estimate of drug-likeness (QED) is 0.767. The van der Waals surface area contributed by atoms with Crippen LogP contribution < -0.4 is 10.6 Å². The van der Waals surface area contributed by atoms with E-state index in [9.17, 15) is 4.79 Å². The third kappa shape index (κ3) is 5.12. The maximum atomic E-state index is 11.4. The number of carbonyl (C=O) groups excluding carboxylic acids is 1. The van der Waals surface area contributed by atoms with Crippen molar-refractivity contribution in [2.75, 3.05) is 11.9 Å². The summed E-state index contributed by atoms with van der Waals surface area (Å²) >= 11 is 0. The predicted octanol–water partition coefficient (Wildman–Crippen LogP) is 1.41. The first kappa shape index (κ1) is 11.7. The van der Waals surface area contributed by atoms with Crippen molar-refractivity contribution in [3.63, 3.8) is 0 Å². The fourth-order valence-corrected chi connectivity index (χ4v) is 1.13. The topological polar surface area (TPSA) is 54.0 Å². The van der Waals surface area contributed by atoms with Gasteiger partial charge >= 0.3 is 0 Å². The zero-order valence-electron chi connectivity index (χ0n) is 9.16. The van der Waals surface area contributed by atoms with Gasteiger partial charge in [-0.25, -0.2) is 0 Å². The number of aromatic nitrogens is 1. The van der Waals surface area contributed by atoms with Crippen molar-refractivity contribution in [2.24, 2.45) is 0 Å². The van der Waals surface area contributed by atoms with Gasteiger partial charge in [0.1, 0.15) is 0 Å². The molecule has 0 fully saturated rings. The SMILES string of the molecule is CC(C)NCCC(=O)Nc1ccncc1. The normalized spacial score (nSPS) is 10.3. The lowest BCUT2D eigenvalue weighted by Crippen LogP contribution is -2.27. The second-order valence-corrected chi connectivity index (χ2v) is 3.64. The van der Waals surface area contributed by atoms with Crippen LogP contribution in [0.1, 0.15) is 20.3 Å². The highest BCUT2D eigenvalue weighted by atomic mass is 16.1. The highest BCUT2D eigenvalue weighted by Crippen LogP contribution is 2.03. The molecule has 0 unspecified atom stereocenters. The van der Waals surface area contributed by atoms with Gasteiger partial charge in [0, 0.05) is 37.1 Å². The molecule has 0 saturated carbocycles. The number of carbonyl (C=O) groups is 1. The Morgan fingerprint density at radius 3 is 2.67 bits per heavy atom. The van der Waals surface area contributed by atoms with Crippen LogP contribution in [0.3, 0.4) is 0 Å². The lowest BCUT2D eigenvalue weighted by molar-refractivity contribution is -0.116. The first-order chi connectivity index (χ1) is 7.18. The number of hydrogen-bond donors (Lipinski definition) is 2. The van der Waals surface area contributed by atoms with Gasteiger partial charge in [-0.2, -0.15) is 0 Å². The van der Waals surface area contributed by atoms with E-state index in [0.717, 1.165) is 5.69 Å². The molecule has 1 rings (SSSR count). The molecule has 1 aromatic rings. The number of amides is 1. The van der Waals surface area contributed by atoms with E-state index in [1.807, 2.05) is 0 Å². The molecule has 0 aliphatic carbocycles. The predicted molar refractivity (Wildman–Crippen MR) is 60.6 cm³/mol. The van der Waals surface area contributed by atoms with E-state index in [-0.39, 0.29) is 5.91 Å². The maximum absolute atomic E-state index is 11.4. The van der Waals surface area contributed by atoms with Crippen molar-refractivity contribution in [1.82, 2.24) is 10.3 Å². The Labute approximate surface area is 90.1 Å². The highest BCUT2D eigenvalue weighted by molar-refractivity contribution is 5.90. The monoisotopic (exact) mass is 207 g/mol. The van der Waals surface area contributed by atoms with Crippen LogP contribution in [0, 0.1) is 0 Å². The molecule has 4 nitrogen and oxygen atoms in total. The number of nitrogens with one attached hydrogen (secondary N) is 2. The van der Waals surface area contributed by atoms with Crippen LogP contribution in [0.25, 0.3) is 0 Å². The number of rotatable bonds is 5. The minimum absolute atomic E-state index is 0.0225. The fraction of sp³-hybridized carbons (Fsp3) is 0.455. The Kier molecular flexibility index (Phi) is 4.77. The van der Waals surface area contributed by atoms with Crippen molar-refractivity contribution < 1.29 is 4.79 Å². The Balaban J connectivity index is 2.25. The summed E-state index contributed by atoms with van der Waals surface area (Å²) in [4.78, 5) is 15.3. The molecule has 2 N–H and O–H groups in total. The van der Waals surface area contributed by atoms with Crippen LogP contribution >= 0.6 is 0 Å². The van der Waals surface area contributed by atoms with Gasteiger partial charge in [0.15, 0.2) is 0 Å². The summed E-state index contributed by atoms with van der Waals surface area (Å²) in [6.07, 6.45) is 3.80. The second-order valence-electron chi connectivity index (χ2n) is 3.64. The van der Waals surface area contributed by atoms with Crippen LogP contribution in [0.4, 0.5) is 5.69 Å². The molecule has 15 heavy (non-hydrogen) atoms. The summed E-state index contributed by atoms with van der Waals surface area (Å²) in [5.41, 5.74) is 0.791. The van der Waals surface area contributed by atoms with Crippen LogP contribution in [-0.2, 0) is 4.79 Å². The average Bonchev–Trinajstić information content (AvgIpc) is 2.18. The van der Waals surface area contributed by atoms with Crippen molar-refractivity contribution in [2.45, 2.75) is 26.3 Å². The molecule has 0 aliphatic heterocycles. The standard InChI is InChI=1S/C11H17N3O/c1-9(2)13-8-5-11(15)14-10-3-6-12-7-4-10/h3-4,6-7,9,13H,5,8H2,1-2H3,(H,12,14,15). The molecular weight excluding hydrogens is 190 g/mol. The van der Waals surface area contributed by atoms with E-state index in [1.165, 1.54) is 0 Å². The highest BCUT2D eigenvalue weighted by Gasteiger charge is 2.01. The molecule has 0 atom stereocenters. The number of hydrogen-bond acceptors (Lipinski definition) is 3. The molecule has 82 valence electrons. The Morgan fingerprint density at radius 1 is 1.40 bits per heavy atom. The minimum atomic E-state index is 0.0225. The molecule has 0 spiro atoms. The first-order valence-corrected chi connectivity index (χ1v) is 5.12. The Hall–Kier alpha value is -1.42. The van der Waals surface area contributed by atoms with Gasteiger partial charge in [-0.3, -0.25) is 9.78 Å². The zero-order chi connectivity index (χ0) is 11.1. The summed E-state index contributed by atoms with van der Waals surface area (Å²) in [5.74, 6) is 0.0225. The zero-order valence-corrected chi connectivity index (χ0v) is 9.16. The number of pyridine rings is 1. The van der Waals surface area contributed by atoms with Gasteiger partial charge in [0.05, 0.1) is 0 Å². The molecule has 1 amide bonds. The summed E-state index contributed by atoms with van der Waals surface area (Å²) in [6.45, 7) is 4.82. The maximum Gasteiger partial charge on any atom is 0.225 e. The third-order valence-corrected chi connectivity index (χ3v) is 1.87. The molecule has 1 aromatic heterocycles. The molecular formula is C11H17N3O. The van der Waals surface area contributed by atoms with E-state index in [1.54, 1.807) is 24.5 Å². The van der Waals surface area contributed by atoms with Crippen molar-refractivity contribution in [3.05, 3.63) is 24.5 Å². The van der Waals surface area contributed by atoms with E-state index in [4.69, 9.17) is 0 Å².